The zero-order chi connectivity index (χ0) is 37.5. The summed E-state index contributed by atoms with van der Waals surface area (Å²) in [6.45, 7) is 14.0. The van der Waals surface area contributed by atoms with Crippen LogP contribution in [0, 0.1) is 22.7 Å². The second-order valence-electron chi connectivity index (χ2n) is 15.2. The fraction of sp³-hybridized carbons (Fsp3) is 0.548. The number of esters is 2. The number of methoxy groups -OCH3 is 1. The number of nitrogens with zero attached hydrogens (tertiary/aromatic N) is 2. The number of fused-ring (bicyclic) bond motifs is 3. The lowest BCUT2D eigenvalue weighted by Crippen LogP contribution is -2.45. The Balaban J connectivity index is 1.45. The van der Waals surface area contributed by atoms with Crippen molar-refractivity contribution < 1.29 is 38.1 Å². The van der Waals surface area contributed by atoms with E-state index in [4.69, 9.17) is 18.9 Å². The quantitative estimate of drug-likeness (QED) is 0.163. The van der Waals surface area contributed by atoms with Gasteiger partial charge in [-0.3, -0.25) is 19.2 Å². The molecule has 280 valence electrons. The van der Waals surface area contributed by atoms with Crippen LogP contribution in [0.3, 0.4) is 0 Å². The molecule has 0 N–H and O–H groups in total. The molecule has 1 aromatic heterocycles. The smallest absolute Gasteiger partial charge is 0.313 e. The highest BCUT2D eigenvalue weighted by Crippen LogP contribution is 2.57. The first-order chi connectivity index (χ1) is 24.9. The molecule has 2 fully saturated rings. The maximum Gasteiger partial charge on any atom is 0.313 e. The van der Waals surface area contributed by atoms with Gasteiger partial charge in [0, 0.05) is 41.3 Å². The van der Waals surface area contributed by atoms with Crippen molar-refractivity contribution in [2.24, 2.45) is 22.7 Å². The molecule has 52 heavy (non-hydrogen) atoms. The summed E-state index contributed by atoms with van der Waals surface area (Å²) in [6.07, 6.45) is 13.9. The molecule has 5 atom stereocenters. The average molecular weight is 715 g/mol. The van der Waals surface area contributed by atoms with Gasteiger partial charge < -0.3 is 23.8 Å². The van der Waals surface area contributed by atoms with E-state index in [-0.39, 0.29) is 68.0 Å². The highest BCUT2D eigenvalue weighted by atomic mass is 16.5. The predicted molar refractivity (Wildman–Crippen MR) is 200 cm³/mol. The number of hydrogen-bond donors (Lipinski definition) is 0. The summed E-state index contributed by atoms with van der Waals surface area (Å²) in [4.78, 5) is 61.7. The molecule has 2 aliphatic heterocycles. The van der Waals surface area contributed by atoms with Crippen LogP contribution in [0.1, 0.15) is 90.5 Å². The van der Waals surface area contributed by atoms with Crippen LogP contribution in [0.15, 0.2) is 55.8 Å². The lowest BCUT2D eigenvalue weighted by Gasteiger charge is -2.29. The molecule has 3 aliphatic rings. The number of hydrogen-bond acceptors (Lipinski definition) is 9. The van der Waals surface area contributed by atoms with Crippen LogP contribution in [0.2, 0.25) is 0 Å². The Morgan fingerprint density at radius 1 is 1.13 bits per heavy atom. The van der Waals surface area contributed by atoms with Crippen LogP contribution in [-0.4, -0.2) is 72.5 Å². The number of pyridine rings is 1. The number of ketones is 1. The molecule has 1 saturated carbocycles. The van der Waals surface area contributed by atoms with Crippen molar-refractivity contribution in [2.45, 2.75) is 97.1 Å². The van der Waals surface area contributed by atoms with Crippen molar-refractivity contribution in [1.29, 1.82) is 0 Å². The van der Waals surface area contributed by atoms with Gasteiger partial charge in [0.25, 0.3) is 0 Å². The van der Waals surface area contributed by atoms with Crippen LogP contribution >= 0.6 is 0 Å². The largest absolute Gasteiger partial charge is 0.496 e. The van der Waals surface area contributed by atoms with E-state index in [0.29, 0.717) is 30.9 Å². The van der Waals surface area contributed by atoms with E-state index in [9.17, 15) is 19.2 Å². The first kappa shape index (κ1) is 38.8. The van der Waals surface area contributed by atoms with Gasteiger partial charge in [-0.05, 0) is 68.5 Å². The fourth-order valence-electron chi connectivity index (χ4n) is 7.63. The molecular formula is C42H54N2O8. The number of amides is 1. The number of benzene rings is 1. The number of Topliss-reactive ketones (excluding diaryl/α,β-unsaturated/α-hetero) is 1. The third-order valence-corrected chi connectivity index (χ3v) is 10.7. The van der Waals surface area contributed by atoms with E-state index < -0.39 is 29.4 Å². The summed E-state index contributed by atoms with van der Waals surface area (Å²) < 4.78 is 23.2. The fourth-order valence-corrected chi connectivity index (χ4v) is 7.63. The van der Waals surface area contributed by atoms with Gasteiger partial charge in [-0.25, -0.2) is 4.98 Å². The summed E-state index contributed by atoms with van der Waals surface area (Å²) >= 11 is 0. The third kappa shape index (κ3) is 8.93. The first-order valence-corrected chi connectivity index (χ1v) is 18.6. The molecule has 1 saturated heterocycles. The lowest BCUT2D eigenvalue weighted by molar-refractivity contribution is -0.154. The Kier molecular flexibility index (Phi) is 12.6. The Morgan fingerprint density at radius 2 is 1.94 bits per heavy atom. The number of carbonyl (C=O) groups is 4. The Labute approximate surface area is 307 Å². The van der Waals surface area contributed by atoms with Crippen molar-refractivity contribution in [3.05, 3.63) is 61.3 Å². The third-order valence-electron chi connectivity index (χ3n) is 10.7. The molecule has 1 amide bonds. The monoisotopic (exact) mass is 714 g/mol. The Bertz CT molecular complexity index is 1700. The molecule has 0 radical (unpaired) electrons. The summed E-state index contributed by atoms with van der Waals surface area (Å²) in [5.74, 6) is -1.04. The van der Waals surface area contributed by atoms with Crippen molar-refractivity contribution in [2.75, 3.05) is 26.9 Å². The molecule has 0 spiro atoms. The standard InChI is InChI=1S/C42H54N2O8/c1-7-18-41(4,5)27-51-37(46)22-30-15-13-11-10-12-14-16-31-24-42(31,40(48)50-9-3)25-35(45)34-23-32(26-44(34)39(30)47)52-38-33-20-28(8-2)36(49-6)21-29(33)17-19-43-38/h7-8,14,16-17,19-21,30-32,34H,1-2,9-13,15,18,22-27H2,3-6H3/b16-14-/t30-,31-,32-,34+,42-/m1/s1. The molecule has 1 aliphatic carbocycles. The number of aromatic nitrogens is 1. The number of ether oxygens (including phenoxy) is 4. The van der Waals surface area contributed by atoms with E-state index in [0.717, 1.165) is 42.0 Å². The zero-order valence-electron chi connectivity index (χ0n) is 31.2. The molecule has 2 aromatic rings. The molecule has 0 bridgehead atoms. The van der Waals surface area contributed by atoms with Gasteiger partial charge in [0.05, 0.1) is 44.7 Å². The molecule has 5 rings (SSSR count). The topological polar surface area (TPSA) is 121 Å². The second kappa shape index (κ2) is 16.9. The maximum atomic E-state index is 14.6. The van der Waals surface area contributed by atoms with Gasteiger partial charge in [0.2, 0.25) is 11.8 Å². The molecule has 0 unspecified atom stereocenters. The van der Waals surface area contributed by atoms with Gasteiger partial charge in [0.15, 0.2) is 5.78 Å². The molecular weight excluding hydrogens is 660 g/mol. The minimum absolute atomic E-state index is 0.0396. The van der Waals surface area contributed by atoms with Gasteiger partial charge in [0.1, 0.15) is 11.9 Å². The summed E-state index contributed by atoms with van der Waals surface area (Å²) in [6, 6.07) is 4.81. The van der Waals surface area contributed by atoms with Crippen LogP contribution in [0.25, 0.3) is 16.8 Å². The number of carbonyl (C=O) groups excluding carboxylic acids is 4. The predicted octanol–water partition coefficient (Wildman–Crippen LogP) is 7.44. The lowest BCUT2D eigenvalue weighted by atomic mass is 9.90. The van der Waals surface area contributed by atoms with Crippen molar-refractivity contribution in [1.82, 2.24) is 9.88 Å². The zero-order valence-corrected chi connectivity index (χ0v) is 31.2. The van der Waals surface area contributed by atoms with E-state index in [1.54, 1.807) is 37.3 Å². The molecule has 3 heterocycles. The highest BCUT2D eigenvalue weighted by Gasteiger charge is 2.61. The molecule has 10 heteroatoms. The first-order valence-electron chi connectivity index (χ1n) is 18.6. The van der Waals surface area contributed by atoms with Gasteiger partial charge in [-0.1, -0.05) is 57.6 Å². The van der Waals surface area contributed by atoms with Crippen LogP contribution in [0.4, 0.5) is 0 Å². The van der Waals surface area contributed by atoms with E-state index >= 15 is 0 Å². The Morgan fingerprint density at radius 3 is 2.67 bits per heavy atom. The van der Waals surface area contributed by atoms with Crippen molar-refractivity contribution >= 4 is 40.5 Å². The Hall–Kier alpha value is -4.47. The summed E-state index contributed by atoms with van der Waals surface area (Å²) in [5.41, 5.74) is -0.454. The highest BCUT2D eigenvalue weighted by molar-refractivity contribution is 5.96. The van der Waals surface area contributed by atoms with Crippen LogP contribution < -0.4 is 9.47 Å². The molecule has 10 nitrogen and oxygen atoms in total. The van der Waals surface area contributed by atoms with Crippen LogP contribution in [-0.2, 0) is 28.7 Å². The van der Waals surface area contributed by atoms with E-state index in [2.05, 4.69) is 30.3 Å². The van der Waals surface area contributed by atoms with Crippen molar-refractivity contribution in [3.63, 3.8) is 0 Å². The summed E-state index contributed by atoms with van der Waals surface area (Å²) in [5, 5.41) is 1.60. The second-order valence-corrected chi connectivity index (χ2v) is 15.2. The normalized spacial score (nSPS) is 25.9. The SMILES string of the molecule is C=CCC(C)(C)COC(=O)C[C@H]1CCCCC/C=C\[C@@H]2C[C@@]2(C(=O)OCC)CC(=O)[C@@H]2C[C@@H](Oc3nccc4cc(OC)c(C=C)cc34)CN2C1=O. The van der Waals surface area contributed by atoms with Crippen LogP contribution in [0.5, 0.6) is 11.6 Å². The van der Waals surface area contributed by atoms with Gasteiger partial charge >= 0.3 is 11.9 Å². The maximum absolute atomic E-state index is 14.6. The average Bonchev–Trinajstić information content (AvgIpc) is 3.65. The number of rotatable bonds is 12. The van der Waals surface area contributed by atoms with E-state index in [1.807, 2.05) is 32.0 Å². The van der Waals surface area contributed by atoms with Gasteiger partial charge in [-0.15, -0.1) is 6.58 Å². The minimum atomic E-state index is -0.948. The summed E-state index contributed by atoms with van der Waals surface area (Å²) in [7, 11) is 1.60. The number of allylic oxidation sites excluding steroid dienone is 3. The van der Waals surface area contributed by atoms with E-state index in [1.165, 1.54) is 0 Å². The van der Waals surface area contributed by atoms with Gasteiger partial charge in [-0.2, -0.15) is 0 Å². The molecule has 1 aromatic carbocycles. The minimum Gasteiger partial charge on any atom is -0.496 e. The van der Waals surface area contributed by atoms with Crippen molar-refractivity contribution in [3.8, 4) is 11.6 Å².